The Hall–Kier alpha value is -2.73. The molecule has 0 radical (unpaired) electrons. The molecule has 162 valence electrons. The lowest BCUT2D eigenvalue weighted by Gasteiger charge is -2.29. The van der Waals surface area contributed by atoms with Crippen molar-refractivity contribution in [2.75, 3.05) is 41.0 Å². The summed E-state index contributed by atoms with van der Waals surface area (Å²) in [7, 11) is 4.95. The van der Waals surface area contributed by atoms with Gasteiger partial charge in [0.1, 0.15) is 17.2 Å². The number of aryl methyl sites for hydroxylation is 1. The molecule has 1 aliphatic rings. The number of amides is 1. The number of ether oxygens (including phenoxy) is 3. The zero-order valence-electron chi connectivity index (χ0n) is 18.1. The second-order valence-corrected chi connectivity index (χ2v) is 7.53. The van der Waals surface area contributed by atoms with E-state index in [1.165, 1.54) is 12.8 Å². The van der Waals surface area contributed by atoms with E-state index in [4.69, 9.17) is 14.2 Å². The first-order valence-corrected chi connectivity index (χ1v) is 10.5. The quantitative estimate of drug-likeness (QED) is 0.646. The number of rotatable bonds is 10. The van der Waals surface area contributed by atoms with Crippen molar-refractivity contribution < 1.29 is 19.0 Å². The first-order valence-electron chi connectivity index (χ1n) is 10.5. The SMILES string of the molecule is COc1cc(CCC(=O)NC[C@H](c2ccccc2OC)N2CCCC2)cc(OC)c1. The Bertz CT molecular complexity index is 811. The number of hydrogen-bond donors (Lipinski definition) is 1. The summed E-state index contributed by atoms with van der Waals surface area (Å²) in [5.74, 6) is 2.37. The van der Waals surface area contributed by atoms with Crippen molar-refractivity contribution in [1.82, 2.24) is 10.2 Å². The molecule has 1 amide bonds. The number of nitrogens with zero attached hydrogens (tertiary/aromatic N) is 1. The molecule has 30 heavy (non-hydrogen) atoms. The van der Waals surface area contributed by atoms with Gasteiger partial charge < -0.3 is 19.5 Å². The molecule has 6 nitrogen and oxygen atoms in total. The third-order valence-electron chi connectivity index (χ3n) is 5.62. The van der Waals surface area contributed by atoms with Crippen molar-refractivity contribution in [3.63, 3.8) is 0 Å². The van der Waals surface area contributed by atoms with Gasteiger partial charge in [-0.15, -0.1) is 0 Å². The minimum absolute atomic E-state index is 0.0379. The number of carbonyl (C=O) groups is 1. The van der Waals surface area contributed by atoms with Crippen molar-refractivity contribution >= 4 is 5.91 Å². The Labute approximate surface area is 179 Å². The van der Waals surface area contributed by atoms with Gasteiger partial charge in [0.2, 0.25) is 5.91 Å². The van der Waals surface area contributed by atoms with Crippen LogP contribution in [0.1, 0.15) is 36.4 Å². The van der Waals surface area contributed by atoms with E-state index in [9.17, 15) is 4.79 Å². The van der Waals surface area contributed by atoms with Crippen LogP contribution in [0.15, 0.2) is 42.5 Å². The van der Waals surface area contributed by atoms with E-state index in [0.717, 1.165) is 41.5 Å². The minimum Gasteiger partial charge on any atom is -0.497 e. The summed E-state index contributed by atoms with van der Waals surface area (Å²) >= 11 is 0. The van der Waals surface area contributed by atoms with Crippen LogP contribution in [-0.4, -0.2) is 51.8 Å². The largest absolute Gasteiger partial charge is 0.497 e. The fourth-order valence-corrected chi connectivity index (χ4v) is 4.00. The first-order chi connectivity index (χ1) is 14.6. The van der Waals surface area contributed by atoms with E-state index in [2.05, 4.69) is 16.3 Å². The van der Waals surface area contributed by atoms with Crippen LogP contribution < -0.4 is 19.5 Å². The summed E-state index contributed by atoms with van der Waals surface area (Å²) in [6, 6.07) is 13.9. The molecule has 3 rings (SSSR count). The molecule has 0 aliphatic carbocycles. The predicted octanol–water partition coefficient (Wildman–Crippen LogP) is 3.60. The van der Waals surface area contributed by atoms with Crippen molar-refractivity contribution in [3.8, 4) is 17.2 Å². The molecule has 1 atom stereocenters. The summed E-state index contributed by atoms with van der Waals surface area (Å²) < 4.78 is 16.2. The Morgan fingerprint density at radius 2 is 1.67 bits per heavy atom. The molecule has 0 spiro atoms. The molecule has 6 heteroatoms. The molecule has 1 fully saturated rings. The smallest absolute Gasteiger partial charge is 0.220 e. The summed E-state index contributed by atoms with van der Waals surface area (Å²) in [5.41, 5.74) is 2.14. The van der Waals surface area contributed by atoms with E-state index in [1.807, 2.05) is 36.4 Å². The molecule has 2 aromatic carbocycles. The lowest BCUT2D eigenvalue weighted by Crippen LogP contribution is -2.37. The van der Waals surface area contributed by atoms with Crippen LogP contribution in [0.2, 0.25) is 0 Å². The minimum atomic E-state index is 0.0379. The van der Waals surface area contributed by atoms with Crippen LogP contribution in [0.3, 0.4) is 0 Å². The lowest BCUT2D eigenvalue weighted by molar-refractivity contribution is -0.121. The highest BCUT2D eigenvalue weighted by atomic mass is 16.5. The number of para-hydroxylation sites is 1. The summed E-state index contributed by atoms with van der Waals surface area (Å²) in [5, 5.41) is 3.14. The number of carbonyl (C=O) groups excluding carboxylic acids is 1. The molecule has 1 heterocycles. The van der Waals surface area contributed by atoms with Crippen molar-refractivity contribution in [2.24, 2.45) is 0 Å². The van der Waals surface area contributed by atoms with Crippen molar-refractivity contribution in [1.29, 1.82) is 0 Å². The van der Waals surface area contributed by atoms with Crippen LogP contribution in [0.5, 0.6) is 17.2 Å². The van der Waals surface area contributed by atoms with E-state index in [1.54, 1.807) is 21.3 Å². The Kier molecular flexibility index (Phi) is 7.97. The Balaban J connectivity index is 1.62. The number of likely N-dealkylation sites (tertiary alicyclic amines) is 1. The highest BCUT2D eigenvalue weighted by Gasteiger charge is 2.26. The van der Waals surface area contributed by atoms with Gasteiger partial charge in [-0.25, -0.2) is 0 Å². The molecular formula is C24H32N2O4. The second-order valence-electron chi connectivity index (χ2n) is 7.53. The maximum absolute atomic E-state index is 12.6. The molecule has 0 bridgehead atoms. The van der Waals surface area contributed by atoms with Gasteiger partial charge in [-0.3, -0.25) is 9.69 Å². The maximum Gasteiger partial charge on any atom is 0.220 e. The average molecular weight is 413 g/mol. The van der Waals surface area contributed by atoms with Gasteiger partial charge in [-0.2, -0.15) is 0 Å². The number of nitrogens with one attached hydrogen (secondary N) is 1. The van der Waals surface area contributed by atoms with E-state index in [-0.39, 0.29) is 11.9 Å². The number of benzene rings is 2. The van der Waals surface area contributed by atoms with Crippen LogP contribution in [0, 0.1) is 0 Å². The van der Waals surface area contributed by atoms with Crippen LogP contribution in [-0.2, 0) is 11.2 Å². The molecule has 1 aliphatic heterocycles. The van der Waals surface area contributed by atoms with Gasteiger partial charge in [0.05, 0.1) is 27.4 Å². The zero-order valence-corrected chi connectivity index (χ0v) is 18.1. The maximum atomic E-state index is 12.6. The van der Waals surface area contributed by atoms with Gasteiger partial charge in [0, 0.05) is 24.6 Å². The summed E-state index contributed by atoms with van der Waals surface area (Å²) in [4.78, 5) is 15.0. The normalized spacial score (nSPS) is 14.9. The highest BCUT2D eigenvalue weighted by molar-refractivity contribution is 5.76. The van der Waals surface area contributed by atoms with Gasteiger partial charge in [0.15, 0.2) is 0 Å². The zero-order chi connectivity index (χ0) is 21.3. The molecule has 0 saturated carbocycles. The lowest BCUT2D eigenvalue weighted by atomic mass is 10.0. The predicted molar refractivity (Wildman–Crippen MR) is 117 cm³/mol. The average Bonchev–Trinajstić information content (AvgIpc) is 3.32. The van der Waals surface area contributed by atoms with Gasteiger partial charge >= 0.3 is 0 Å². The summed E-state index contributed by atoms with van der Waals surface area (Å²) in [6.07, 6.45) is 3.42. The van der Waals surface area contributed by atoms with Gasteiger partial charge in [-0.05, 0) is 56.1 Å². The number of methoxy groups -OCH3 is 3. The molecule has 0 unspecified atom stereocenters. The van der Waals surface area contributed by atoms with E-state index < -0.39 is 0 Å². The fraction of sp³-hybridized carbons (Fsp3) is 0.458. The van der Waals surface area contributed by atoms with Gasteiger partial charge in [0.25, 0.3) is 0 Å². The fourth-order valence-electron chi connectivity index (χ4n) is 4.00. The second kappa shape index (κ2) is 10.9. The third-order valence-corrected chi connectivity index (χ3v) is 5.62. The van der Waals surface area contributed by atoms with Crippen LogP contribution in [0.25, 0.3) is 0 Å². The van der Waals surface area contributed by atoms with E-state index in [0.29, 0.717) is 19.4 Å². The molecule has 0 aromatic heterocycles. The molecular weight excluding hydrogens is 380 g/mol. The number of hydrogen-bond acceptors (Lipinski definition) is 5. The van der Waals surface area contributed by atoms with Crippen LogP contribution in [0.4, 0.5) is 0 Å². The van der Waals surface area contributed by atoms with Crippen molar-refractivity contribution in [2.45, 2.75) is 31.7 Å². The van der Waals surface area contributed by atoms with Crippen molar-refractivity contribution in [3.05, 3.63) is 53.6 Å². The topological polar surface area (TPSA) is 60.0 Å². The highest BCUT2D eigenvalue weighted by Crippen LogP contribution is 2.31. The monoisotopic (exact) mass is 412 g/mol. The Morgan fingerprint density at radius 1 is 1.00 bits per heavy atom. The third kappa shape index (κ3) is 5.66. The molecule has 2 aromatic rings. The Morgan fingerprint density at radius 3 is 2.30 bits per heavy atom. The molecule has 1 N–H and O–H groups in total. The molecule has 1 saturated heterocycles. The summed E-state index contributed by atoms with van der Waals surface area (Å²) in [6.45, 7) is 2.66. The van der Waals surface area contributed by atoms with Crippen LogP contribution >= 0.6 is 0 Å². The first kappa shape index (κ1) is 22.0. The van der Waals surface area contributed by atoms with E-state index >= 15 is 0 Å². The standard InChI is InChI=1S/C24H32N2O4/c1-28-19-14-18(15-20(16-19)29-2)10-11-24(27)25-17-22(26-12-6-7-13-26)21-8-4-5-9-23(21)30-3/h4-5,8-9,14-16,22H,6-7,10-13,17H2,1-3H3,(H,25,27)/t22-/m1/s1. The van der Waals surface area contributed by atoms with Gasteiger partial charge in [-0.1, -0.05) is 18.2 Å².